The van der Waals surface area contributed by atoms with Crippen LogP contribution >= 0.6 is 0 Å². The van der Waals surface area contributed by atoms with Gasteiger partial charge in [-0.25, -0.2) is 0 Å². The second-order valence-corrected chi connectivity index (χ2v) is 8.89. The van der Waals surface area contributed by atoms with Gasteiger partial charge < -0.3 is 9.80 Å². The molecule has 3 aliphatic heterocycles. The van der Waals surface area contributed by atoms with Crippen molar-refractivity contribution in [2.24, 2.45) is 18.9 Å². The molecule has 0 aliphatic carbocycles. The van der Waals surface area contributed by atoms with E-state index in [1.807, 2.05) is 20.0 Å². The zero-order valence-electron chi connectivity index (χ0n) is 16.7. The van der Waals surface area contributed by atoms with Crippen molar-refractivity contribution in [3.05, 3.63) is 17.5 Å². The Labute approximate surface area is 157 Å². The van der Waals surface area contributed by atoms with Gasteiger partial charge in [-0.15, -0.1) is 0 Å². The number of rotatable bonds is 3. The van der Waals surface area contributed by atoms with Crippen molar-refractivity contribution >= 4 is 5.91 Å². The number of fused-ring (bicyclic) bond motifs is 4. The van der Waals surface area contributed by atoms with Crippen LogP contribution < -0.4 is 0 Å². The molecule has 1 amide bonds. The third-order valence-corrected chi connectivity index (χ3v) is 6.79. The van der Waals surface area contributed by atoms with Crippen molar-refractivity contribution < 1.29 is 4.79 Å². The van der Waals surface area contributed by atoms with E-state index in [9.17, 15) is 4.79 Å². The van der Waals surface area contributed by atoms with Crippen molar-refractivity contribution in [2.75, 3.05) is 40.3 Å². The molecule has 6 nitrogen and oxygen atoms in total. The zero-order chi connectivity index (χ0) is 18.4. The highest BCUT2D eigenvalue weighted by Crippen LogP contribution is 2.41. The van der Waals surface area contributed by atoms with Gasteiger partial charge in [0.1, 0.15) is 0 Å². The first-order chi connectivity index (χ1) is 12.4. The smallest absolute Gasteiger partial charge is 0.274 e. The molecule has 3 aliphatic rings. The van der Waals surface area contributed by atoms with Crippen molar-refractivity contribution in [3.63, 3.8) is 0 Å². The summed E-state index contributed by atoms with van der Waals surface area (Å²) in [7, 11) is 6.25. The predicted octanol–water partition coefficient (Wildman–Crippen LogP) is 1.61. The van der Waals surface area contributed by atoms with Crippen molar-refractivity contribution in [3.8, 4) is 0 Å². The average Bonchev–Trinajstić information content (AvgIpc) is 2.96. The lowest BCUT2D eigenvalue weighted by Crippen LogP contribution is -2.65. The fourth-order valence-electron chi connectivity index (χ4n) is 5.53. The molecule has 6 heteroatoms. The summed E-state index contributed by atoms with van der Waals surface area (Å²) in [5, 5.41) is 4.43. The van der Waals surface area contributed by atoms with Crippen LogP contribution in [0.3, 0.4) is 0 Å². The van der Waals surface area contributed by atoms with Crippen molar-refractivity contribution in [1.29, 1.82) is 0 Å². The van der Waals surface area contributed by atoms with Gasteiger partial charge in [-0.2, -0.15) is 5.10 Å². The number of piperidine rings is 3. The number of aromatic nitrogens is 2. The zero-order valence-corrected chi connectivity index (χ0v) is 16.7. The van der Waals surface area contributed by atoms with Crippen LogP contribution in [0.4, 0.5) is 0 Å². The Kier molecular flexibility index (Phi) is 4.82. The molecule has 0 unspecified atom stereocenters. The highest BCUT2D eigenvalue weighted by atomic mass is 16.2. The summed E-state index contributed by atoms with van der Waals surface area (Å²) in [4.78, 5) is 20.3. The lowest BCUT2D eigenvalue weighted by molar-refractivity contribution is -0.0703. The molecular weight excluding hydrogens is 326 g/mol. The molecule has 1 aromatic rings. The summed E-state index contributed by atoms with van der Waals surface area (Å²) in [6.45, 7) is 6.12. The second kappa shape index (κ2) is 6.97. The minimum Gasteiger partial charge on any atom is -0.337 e. The minimum atomic E-state index is 0.122. The molecule has 0 radical (unpaired) electrons. The van der Waals surface area contributed by atoms with E-state index in [0.29, 0.717) is 29.6 Å². The van der Waals surface area contributed by atoms with Crippen molar-refractivity contribution in [1.82, 2.24) is 24.5 Å². The van der Waals surface area contributed by atoms with E-state index in [2.05, 4.69) is 33.9 Å². The van der Waals surface area contributed by atoms with Crippen LogP contribution in [0, 0.1) is 18.8 Å². The monoisotopic (exact) mass is 359 g/mol. The van der Waals surface area contributed by atoms with Crippen LogP contribution in [0.25, 0.3) is 0 Å². The van der Waals surface area contributed by atoms with Gasteiger partial charge in [0.05, 0.1) is 0 Å². The van der Waals surface area contributed by atoms with Crippen LogP contribution in [0.1, 0.15) is 41.9 Å². The Bertz CT molecular complexity index is 650. The second-order valence-electron chi connectivity index (χ2n) is 8.89. The molecule has 0 saturated carbocycles. The molecule has 1 aromatic heterocycles. The maximum Gasteiger partial charge on any atom is 0.274 e. The highest BCUT2D eigenvalue weighted by molar-refractivity contribution is 5.92. The van der Waals surface area contributed by atoms with Gasteiger partial charge in [0, 0.05) is 44.5 Å². The maximum absolute atomic E-state index is 13.1. The lowest BCUT2D eigenvalue weighted by Gasteiger charge is -2.57. The summed E-state index contributed by atoms with van der Waals surface area (Å²) in [6.07, 6.45) is 5.25. The number of carbonyl (C=O) groups excluding carboxylic acids is 1. The summed E-state index contributed by atoms with van der Waals surface area (Å²) in [6, 6.07) is 3.16. The Balaban J connectivity index is 1.57. The first-order valence-corrected chi connectivity index (χ1v) is 10.1. The van der Waals surface area contributed by atoms with E-state index in [0.717, 1.165) is 25.3 Å². The standard InChI is InChI=1S/C20H33N5O/c1-14-9-17(21-23(14)4)20(26)24-11-15-10-16(12-24)19(13-22(2)3)25-8-6-5-7-18(15)25/h9,15-16,18-19H,5-8,10-13H2,1-4H3/t15-,16+,18+,19+/m1/s1. The maximum atomic E-state index is 13.1. The van der Waals surface area contributed by atoms with Gasteiger partial charge >= 0.3 is 0 Å². The van der Waals surface area contributed by atoms with Gasteiger partial charge in [-0.05, 0) is 64.7 Å². The number of amides is 1. The van der Waals surface area contributed by atoms with E-state index >= 15 is 0 Å². The van der Waals surface area contributed by atoms with E-state index in [-0.39, 0.29) is 5.91 Å². The number of nitrogens with zero attached hydrogens (tertiary/aromatic N) is 5. The molecular formula is C20H33N5O. The van der Waals surface area contributed by atoms with E-state index in [1.165, 1.54) is 32.2 Å². The summed E-state index contributed by atoms with van der Waals surface area (Å²) < 4.78 is 1.80. The average molecular weight is 360 g/mol. The Hall–Kier alpha value is -1.40. The summed E-state index contributed by atoms with van der Waals surface area (Å²) in [5.41, 5.74) is 1.64. The predicted molar refractivity (Wildman–Crippen MR) is 102 cm³/mol. The SMILES string of the molecule is Cc1cc(C(=O)N2C[C@H]3C[C@@H](C2)[C@H](CN(C)C)N2CCCC[C@@H]32)nn1C. The van der Waals surface area contributed by atoms with Crippen LogP contribution in [-0.4, -0.2) is 82.7 Å². The number of carbonyl (C=O) groups is 1. The minimum absolute atomic E-state index is 0.122. The Morgan fingerprint density at radius 1 is 1.27 bits per heavy atom. The van der Waals surface area contributed by atoms with Gasteiger partial charge in [-0.1, -0.05) is 6.42 Å². The highest BCUT2D eigenvalue weighted by Gasteiger charge is 2.48. The van der Waals surface area contributed by atoms with Gasteiger partial charge in [0.25, 0.3) is 5.91 Å². The van der Waals surface area contributed by atoms with Crippen LogP contribution in [0.5, 0.6) is 0 Å². The quantitative estimate of drug-likeness (QED) is 0.822. The van der Waals surface area contributed by atoms with Gasteiger partial charge in [0.15, 0.2) is 5.69 Å². The third kappa shape index (κ3) is 3.18. The molecule has 4 atom stereocenters. The fourth-order valence-corrected chi connectivity index (χ4v) is 5.53. The number of hydrogen-bond donors (Lipinski definition) is 0. The first kappa shape index (κ1) is 18.0. The fraction of sp³-hybridized carbons (Fsp3) is 0.800. The largest absolute Gasteiger partial charge is 0.337 e. The lowest BCUT2D eigenvalue weighted by atomic mass is 9.72. The Morgan fingerprint density at radius 3 is 2.73 bits per heavy atom. The molecule has 144 valence electrons. The number of likely N-dealkylation sites (tertiary alicyclic amines) is 1. The van der Waals surface area contributed by atoms with Gasteiger partial charge in [0.2, 0.25) is 0 Å². The summed E-state index contributed by atoms with van der Waals surface area (Å²) >= 11 is 0. The molecule has 4 rings (SSSR count). The molecule has 2 bridgehead atoms. The molecule has 26 heavy (non-hydrogen) atoms. The number of aryl methyl sites for hydroxylation is 2. The molecule has 4 heterocycles. The van der Waals surface area contributed by atoms with E-state index in [1.54, 1.807) is 4.68 Å². The molecule has 0 spiro atoms. The first-order valence-electron chi connectivity index (χ1n) is 10.1. The Morgan fingerprint density at radius 2 is 2.04 bits per heavy atom. The third-order valence-electron chi connectivity index (χ3n) is 6.79. The van der Waals surface area contributed by atoms with Crippen molar-refractivity contribution in [2.45, 2.75) is 44.7 Å². The van der Waals surface area contributed by atoms with Crippen LogP contribution in [0.2, 0.25) is 0 Å². The summed E-state index contributed by atoms with van der Waals surface area (Å²) in [5.74, 6) is 1.33. The van der Waals surface area contributed by atoms with Crippen LogP contribution in [-0.2, 0) is 7.05 Å². The molecule has 3 saturated heterocycles. The molecule has 3 fully saturated rings. The van der Waals surface area contributed by atoms with E-state index < -0.39 is 0 Å². The normalized spacial score (nSPS) is 32.0. The molecule has 0 N–H and O–H groups in total. The number of likely N-dealkylation sites (N-methyl/N-ethyl adjacent to an activating group) is 1. The molecule has 0 aromatic carbocycles. The topological polar surface area (TPSA) is 44.6 Å². The van der Waals surface area contributed by atoms with Crippen LogP contribution in [0.15, 0.2) is 6.07 Å². The van der Waals surface area contributed by atoms with Gasteiger partial charge in [-0.3, -0.25) is 14.4 Å². The van der Waals surface area contributed by atoms with E-state index in [4.69, 9.17) is 0 Å². The number of hydrogen-bond acceptors (Lipinski definition) is 4.